The lowest BCUT2D eigenvalue weighted by atomic mass is 10.0. The number of nitrogens with one attached hydrogen (secondary N) is 2. The van der Waals surface area contributed by atoms with E-state index in [0.29, 0.717) is 48.6 Å². The van der Waals surface area contributed by atoms with Gasteiger partial charge in [-0.2, -0.15) is 5.26 Å². The van der Waals surface area contributed by atoms with Crippen LogP contribution in [-0.2, 0) is 19.4 Å². The molecule has 0 radical (unpaired) electrons. The van der Waals surface area contributed by atoms with Crippen LogP contribution >= 0.6 is 11.3 Å². The smallest absolute Gasteiger partial charge is 0.317 e. The Morgan fingerprint density at radius 1 is 1.16 bits per heavy atom. The number of benzene rings is 1. The van der Waals surface area contributed by atoms with Crippen molar-refractivity contribution in [1.82, 2.24) is 15.2 Å². The number of hydrogen-bond acceptors (Lipinski definition) is 5. The molecular formula is C23H21N5O2S. The second-order valence-corrected chi connectivity index (χ2v) is 8.22. The van der Waals surface area contributed by atoms with Crippen molar-refractivity contribution in [3.05, 3.63) is 82.0 Å². The molecule has 3 amide bonds. The first-order chi connectivity index (χ1) is 15.2. The van der Waals surface area contributed by atoms with Gasteiger partial charge in [0, 0.05) is 41.8 Å². The van der Waals surface area contributed by atoms with Crippen LogP contribution in [0.25, 0.3) is 0 Å². The number of rotatable bonds is 5. The Balaban J connectivity index is 1.40. The Bertz CT molecular complexity index is 1120. The summed E-state index contributed by atoms with van der Waals surface area (Å²) in [5, 5.41) is 16.0. The molecule has 3 aromatic rings. The van der Waals surface area contributed by atoms with Gasteiger partial charge in [-0.05, 0) is 36.2 Å². The summed E-state index contributed by atoms with van der Waals surface area (Å²) in [5.41, 5.74) is 2.89. The number of aromatic nitrogens is 1. The average molecular weight is 432 g/mol. The maximum absolute atomic E-state index is 12.6. The maximum atomic E-state index is 12.6. The lowest BCUT2D eigenvalue weighted by Gasteiger charge is -2.27. The Morgan fingerprint density at radius 3 is 2.71 bits per heavy atom. The minimum absolute atomic E-state index is 0.136. The van der Waals surface area contributed by atoms with Gasteiger partial charge in [-0.1, -0.05) is 24.3 Å². The van der Waals surface area contributed by atoms with Crippen molar-refractivity contribution in [3.63, 3.8) is 0 Å². The van der Waals surface area contributed by atoms with E-state index in [1.807, 2.05) is 24.3 Å². The van der Waals surface area contributed by atoms with E-state index >= 15 is 0 Å². The van der Waals surface area contributed by atoms with Crippen LogP contribution in [0.1, 0.15) is 32.1 Å². The highest BCUT2D eigenvalue weighted by Crippen LogP contribution is 2.36. The number of carbonyl (C=O) groups excluding carboxylic acids is 2. The third-order valence-corrected chi connectivity index (χ3v) is 6.23. The highest BCUT2D eigenvalue weighted by molar-refractivity contribution is 7.16. The molecule has 0 saturated heterocycles. The second kappa shape index (κ2) is 9.41. The van der Waals surface area contributed by atoms with Crippen LogP contribution in [0, 0.1) is 11.3 Å². The molecule has 1 aliphatic rings. The summed E-state index contributed by atoms with van der Waals surface area (Å²) >= 11 is 1.37. The molecule has 0 bridgehead atoms. The van der Waals surface area contributed by atoms with Crippen molar-refractivity contribution in [2.45, 2.75) is 19.4 Å². The molecular weight excluding hydrogens is 410 g/mol. The summed E-state index contributed by atoms with van der Waals surface area (Å²) in [7, 11) is 0. The van der Waals surface area contributed by atoms with Crippen molar-refractivity contribution < 1.29 is 9.59 Å². The molecule has 0 unspecified atom stereocenters. The summed E-state index contributed by atoms with van der Waals surface area (Å²) in [6, 6.07) is 16.7. The molecule has 0 aliphatic carbocycles. The van der Waals surface area contributed by atoms with Gasteiger partial charge in [0.15, 0.2) is 0 Å². The predicted molar refractivity (Wildman–Crippen MR) is 119 cm³/mol. The van der Waals surface area contributed by atoms with Crippen molar-refractivity contribution in [3.8, 4) is 6.07 Å². The molecule has 0 saturated carbocycles. The highest BCUT2D eigenvalue weighted by atomic mass is 32.1. The van der Waals surface area contributed by atoms with Gasteiger partial charge < -0.3 is 15.5 Å². The van der Waals surface area contributed by atoms with E-state index in [1.54, 1.807) is 35.4 Å². The molecule has 156 valence electrons. The summed E-state index contributed by atoms with van der Waals surface area (Å²) < 4.78 is 0. The lowest BCUT2D eigenvalue weighted by molar-refractivity contribution is 0.102. The van der Waals surface area contributed by atoms with Crippen molar-refractivity contribution in [1.29, 1.82) is 5.26 Å². The number of amides is 3. The Morgan fingerprint density at radius 2 is 1.97 bits per heavy atom. The molecule has 0 atom stereocenters. The van der Waals surface area contributed by atoms with Crippen molar-refractivity contribution in [2.75, 3.05) is 18.4 Å². The molecule has 0 spiro atoms. The fraction of sp³-hybridized carbons (Fsp3) is 0.217. The van der Waals surface area contributed by atoms with Crippen LogP contribution in [0.15, 0.2) is 54.7 Å². The van der Waals surface area contributed by atoms with Gasteiger partial charge in [0.1, 0.15) is 11.1 Å². The topological polar surface area (TPSA) is 98.1 Å². The van der Waals surface area contributed by atoms with Crippen LogP contribution in [0.2, 0.25) is 0 Å². The number of nitriles is 1. The number of hydrogen-bond donors (Lipinski definition) is 2. The van der Waals surface area contributed by atoms with E-state index in [4.69, 9.17) is 0 Å². The van der Waals surface area contributed by atoms with Gasteiger partial charge in [0.2, 0.25) is 0 Å². The van der Waals surface area contributed by atoms with Crippen molar-refractivity contribution in [2.24, 2.45) is 0 Å². The van der Waals surface area contributed by atoms with E-state index in [-0.39, 0.29) is 11.9 Å². The van der Waals surface area contributed by atoms with E-state index in [9.17, 15) is 14.9 Å². The molecule has 4 rings (SSSR count). The number of fused-ring (bicyclic) bond motifs is 1. The largest absolute Gasteiger partial charge is 0.338 e. The second-order valence-electron chi connectivity index (χ2n) is 7.11. The zero-order valence-corrected chi connectivity index (χ0v) is 17.6. The molecule has 2 N–H and O–H groups in total. The third-order valence-electron chi connectivity index (χ3n) is 5.10. The minimum Gasteiger partial charge on any atom is -0.338 e. The first kappa shape index (κ1) is 20.6. The third kappa shape index (κ3) is 4.73. The summed E-state index contributed by atoms with van der Waals surface area (Å²) in [6.07, 6.45) is 2.99. The normalized spacial score (nSPS) is 12.5. The molecule has 3 heterocycles. The standard InChI is InChI=1S/C23H21N5O2S/c24-14-19-18-10-13-28(23(30)26-12-9-17-8-4-5-11-25-17)15-20(18)31-22(19)27-21(29)16-6-2-1-3-7-16/h1-8,11H,9-10,12-13,15H2,(H,26,30)(H,27,29). The molecule has 2 aromatic heterocycles. The molecule has 8 heteroatoms. The first-order valence-corrected chi connectivity index (χ1v) is 10.8. The lowest BCUT2D eigenvalue weighted by Crippen LogP contribution is -2.43. The maximum Gasteiger partial charge on any atom is 0.317 e. The quantitative estimate of drug-likeness (QED) is 0.645. The van der Waals surface area contributed by atoms with Crippen LogP contribution in [0.3, 0.4) is 0 Å². The number of carbonyl (C=O) groups is 2. The average Bonchev–Trinajstić information content (AvgIpc) is 3.16. The van der Waals surface area contributed by atoms with Crippen LogP contribution < -0.4 is 10.6 Å². The zero-order chi connectivity index (χ0) is 21.6. The first-order valence-electron chi connectivity index (χ1n) is 9.99. The van der Waals surface area contributed by atoms with Gasteiger partial charge in [0.05, 0.1) is 12.1 Å². The van der Waals surface area contributed by atoms with E-state index in [2.05, 4.69) is 21.7 Å². The summed E-state index contributed by atoms with van der Waals surface area (Å²) in [6.45, 7) is 1.46. The predicted octanol–water partition coefficient (Wildman–Crippen LogP) is 3.58. The van der Waals surface area contributed by atoms with Gasteiger partial charge in [-0.15, -0.1) is 11.3 Å². The Kier molecular flexibility index (Phi) is 6.24. The van der Waals surface area contributed by atoms with Gasteiger partial charge in [-0.25, -0.2) is 4.79 Å². The SMILES string of the molecule is N#Cc1c(NC(=O)c2ccccc2)sc2c1CCN(C(=O)NCCc1ccccn1)C2. The van der Waals surface area contributed by atoms with Gasteiger partial charge in [0.25, 0.3) is 5.91 Å². The number of thiophene rings is 1. The number of nitrogens with zero attached hydrogens (tertiary/aromatic N) is 3. The van der Waals surface area contributed by atoms with Gasteiger partial charge in [-0.3, -0.25) is 9.78 Å². The fourth-order valence-corrected chi connectivity index (χ4v) is 4.71. The summed E-state index contributed by atoms with van der Waals surface area (Å²) in [5.74, 6) is -0.250. The van der Waals surface area contributed by atoms with Crippen LogP contribution in [0.4, 0.5) is 9.80 Å². The van der Waals surface area contributed by atoms with Gasteiger partial charge >= 0.3 is 6.03 Å². The Labute approximate surface area is 184 Å². The number of pyridine rings is 1. The van der Waals surface area contributed by atoms with Crippen LogP contribution in [-0.4, -0.2) is 34.9 Å². The molecule has 31 heavy (non-hydrogen) atoms. The number of anilines is 1. The molecule has 1 aromatic carbocycles. The van der Waals surface area contributed by atoms with Crippen molar-refractivity contribution >= 4 is 28.3 Å². The molecule has 7 nitrogen and oxygen atoms in total. The fourth-order valence-electron chi connectivity index (χ4n) is 3.50. The van der Waals surface area contributed by atoms with E-state index in [1.165, 1.54) is 11.3 Å². The molecule has 1 aliphatic heterocycles. The summed E-state index contributed by atoms with van der Waals surface area (Å²) in [4.78, 5) is 32.0. The highest BCUT2D eigenvalue weighted by Gasteiger charge is 2.27. The van der Waals surface area contributed by atoms with E-state index in [0.717, 1.165) is 16.1 Å². The van der Waals surface area contributed by atoms with E-state index < -0.39 is 0 Å². The Hall–Kier alpha value is -3.70. The van der Waals surface area contributed by atoms with Crippen LogP contribution in [0.5, 0.6) is 0 Å². The minimum atomic E-state index is -0.250. The number of urea groups is 1. The zero-order valence-electron chi connectivity index (χ0n) is 16.8. The molecule has 0 fully saturated rings. The monoisotopic (exact) mass is 431 g/mol.